The van der Waals surface area contributed by atoms with Crippen LogP contribution in [-0.4, -0.2) is 24.3 Å². The number of benzene rings is 2. The summed E-state index contributed by atoms with van der Waals surface area (Å²) in [4.78, 5) is 35.4. The van der Waals surface area contributed by atoms with Crippen LogP contribution in [0.4, 0.5) is 11.4 Å². The molecule has 0 saturated heterocycles. The fourth-order valence-electron chi connectivity index (χ4n) is 1.98. The van der Waals surface area contributed by atoms with E-state index in [9.17, 15) is 14.4 Å². The molecule has 3 N–H and O–H groups in total. The zero-order chi connectivity index (χ0) is 18.4. The zero-order valence-electron chi connectivity index (χ0n) is 13.2. The standard InChI is InChI=1S/C17H15Cl2N3O3/c1-10-3-2-4-13(5-10)22-17(25)16(24)20-9-15(23)21-14-7-11(18)6-12(19)8-14/h2-8H,9H2,1H3,(H,20,24)(H,21,23)(H,22,25). The lowest BCUT2D eigenvalue weighted by Gasteiger charge is -2.08. The second-order valence-electron chi connectivity index (χ2n) is 5.21. The van der Waals surface area contributed by atoms with Crippen LogP contribution in [0.5, 0.6) is 0 Å². The molecule has 2 rings (SSSR count). The molecule has 25 heavy (non-hydrogen) atoms. The average Bonchev–Trinajstić information content (AvgIpc) is 2.51. The van der Waals surface area contributed by atoms with Crippen LogP contribution in [0, 0.1) is 6.92 Å². The number of hydrogen-bond acceptors (Lipinski definition) is 3. The van der Waals surface area contributed by atoms with E-state index in [0.29, 0.717) is 21.4 Å². The van der Waals surface area contributed by atoms with Crippen molar-refractivity contribution < 1.29 is 14.4 Å². The van der Waals surface area contributed by atoms with Crippen molar-refractivity contribution in [3.8, 4) is 0 Å². The van der Waals surface area contributed by atoms with E-state index in [1.807, 2.05) is 13.0 Å². The van der Waals surface area contributed by atoms with Gasteiger partial charge in [0.05, 0.1) is 6.54 Å². The summed E-state index contributed by atoms with van der Waals surface area (Å²) in [5, 5.41) is 7.94. The SMILES string of the molecule is Cc1cccc(NC(=O)C(=O)NCC(=O)Nc2cc(Cl)cc(Cl)c2)c1. The van der Waals surface area contributed by atoms with E-state index < -0.39 is 17.7 Å². The molecule has 2 aromatic carbocycles. The predicted octanol–water partition coefficient (Wildman–Crippen LogP) is 3.00. The quantitative estimate of drug-likeness (QED) is 0.713. The molecule has 0 aromatic heterocycles. The Morgan fingerprint density at radius 3 is 2.20 bits per heavy atom. The molecule has 0 bridgehead atoms. The Labute approximate surface area is 154 Å². The van der Waals surface area contributed by atoms with Crippen LogP contribution >= 0.6 is 23.2 Å². The van der Waals surface area contributed by atoms with E-state index in [0.717, 1.165) is 5.56 Å². The van der Waals surface area contributed by atoms with E-state index >= 15 is 0 Å². The summed E-state index contributed by atoms with van der Waals surface area (Å²) in [6.45, 7) is 1.49. The van der Waals surface area contributed by atoms with Crippen molar-refractivity contribution in [2.24, 2.45) is 0 Å². The highest BCUT2D eigenvalue weighted by Gasteiger charge is 2.15. The maximum absolute atomic E-state index is 11.8. The maximum Gasteiger partial charge on any atom is 0.313 e. The second kappa shape index (κ2) is 8.50. The summed E-state index contributed by atoms with van der Waals surface area (Å²) in [7, 11) is 0. The molecule has 8 heteroatoms. The van der Waals surface area contributed by atoms with E-state index in [1.54, 1.807) is 18.2 Å². The third kappa shape index (κ3) is 6.10. The van der Waals surface area contributed by atoms with E-state index in [-0.39, 0.29) is 6.54 Å². The lowest BCUT2D eigenvalue weighted by atomic mass is 10.2. The van der Waals surface area contributed by atoms with Crippen LogP contribution in [0.2, 0.25) is 10.0 Å². The molecule has 3 amide bonds. The Hall–Kier alpha value is -2.57. The highest BCUT2D eigenvalue weighted by atomic mass is 35.5. The monoisotopic (exact) mass is 379 g/mol. The molecule has 0 radical (unpaired) electrons. The molecule has 0 aliphatic carbocycles. The molecule has 2 aromatic rings. The first-order valence-corrected chi connectivity index (χ1v) is 8.01. The lowest BCUT2D eigenvalue weighted by Crippen LogP contribution is -2.39. The number of carbonyl (C=O) groups is 3. The Morgan fingerprint density at radius 1 is 0.880 bits per heavy atom. The summed E-state index contributed by atoms with van der Waals surface area (Å²) in [6, 6.07) is 11.6. The Balaban J connectivity index is 1.84. The van der Waals surface area contributed by atoms with Crippen molar-refractivity contribution in [2.75, 3.05) is 17.2 Å². The summed E-state index contributed by atoms with van der Waals surface area (Å²) in [6.07, 6.45) is 0. The average molecular weight is 380 g/mol. The van der Waals surface area contributed by atoms with Gasteiger partial charge in [-0.05, 0) is 42.8 Å². The highest BCUT2D eigenvalue weighted by molar-refractivity contribution is 6.40. The second-order valence-corrected chi connectivity index (χ2v) is 6.09. The molecule has 0 aliphatic heterocycles. The van der Waals surface area contributed by atoms with Gasteiger partial charge in [0.2, 0.25) is 5.91 Å². The number of hydrogen-bond donors (Lipinski definition) is 3. The minimum Gasteiger partial charge on any atom is -0.339 e. The van der Waals surface area contributed by atoms with Gasteiger partial charge in [-0.1, -0.05) is 35.3 Å². The molecule has 6 nitrogen and oxygen atoms in total. The minimum absolute atomic E-state index is 0.365. The number of anilines is 2. The molecule has 0 saturated carbocycles. The van der Waals surface area contributed by atoms with Crippen LogP contribution in [-0.2, 0) is 14.4 Å². The minimum atomic E-state index is -0.916. The zero-order valence-corrected chi connectivity index (χ0v) is 14.7. The molecule has 0 fully saturated rings. The molecular weight excluding hydrogens is 365 g/mol. The van der Waals surface area contributed by atoms with Gasteiger partial charge in [0.1, 0.15) is 0 Å². The Bertz CT molecular complexity index is 804. The lowest BCUT2D eigenvalue weighted by molar-refractivity contribution is -0.136. The van der Waals surface area contributed by atoms with Crippen LogP contribution in [0.3, 0.4) is 0 Å². The fourth-order valence-corrected chi connectivity index (χ4v) is 2.51. The normalized spacial score (nSPS) is 10.0. The third-order valence-corrected chi connectivity index (χ3v) is 3.47. The van der Waals surface area contributed by atoms with Gasteiger partial charge in [0, 0.05) is 21.4 Å². The first kappa shape index (κ1) is 18.8. The van der Waals surface area contributed by atoms with Gasteiger partial charge in [-0.15, -0.1) is 0 Å². The summed E-state index contributed by atoms with van der Waals surface area (Å²) < 4.78 is 0. The molecule has 0 atom stereocenters. The molecule has 0 spiro atoms. The Morgan fingerprint density at radius 2 is 1.56 bits per heavy atom. The fraction of sp³-hybridized carbons (Fsp3) is 0.118. The molecule has 0 aliphatic rings. The summed E-state index contributed by atoms with van der Waals surface area (Å²) in [5.74, 6) is -2.29. The van der Waals surface area contributed by atoms with E-state index in [1.165, 1.54) is 18.2 Å². The van der Waals surface area contributed by atoms with Crippen molar-refractivity contribution in [1.29, 1.82) is 0 Å². The van der Waals surface area contributed by atoms with Crippen molar-refractivity contribution >= 4 is 52.3 Å². The Kier molecular flexibility index (Phi) is 6.38. The van der Waals surface area contributed by atoms with Crippen molar-refractivity contribution in [3.63, 3.8) is 0 Å². The van der Waals surface area contributed by atoms with Crippen LogP contribution in [0.25, 0.3) is 0 Å². The van der Waals surface area contributed by atoms with E-state index in [4.69, 9.17) is 23.2 Å². The first-order chi connectivity index (χ1) is 11.8. The van der Waals surface area contributed by atoms with Crippen molar-refractivity contribution in [3.05, 3.63) is 58.1 Å². The molecule has 0 heterocycles. The van der Waals surface area contributed by atoms with Gasteiger partial charge >= 0.3 is 11.8 Å². The number of halogens is 2. The van der Waals surface area contributed by atoms with Crippen molar-refractivity contribution in [2.45, 2.75) is 6.92 Å². The van der Waals surface area contributed by atoms with Gasteiger partial charge < -0.3 is 16.0 Å². The van der Waals surface area contributed by atoms with Gasteiger partial charge in [0.25, 0.3) is 0 Å². The molecule has 0 unspecified atom stereocenters. The van der Waals surface area contributed by atoms with E-state index in [2.05, 4.69) is 16.0 Å². The van der Waals surface area contributed by atoms with Crippen LogP contribution in [0.15, 0.2) is 42.5 Å². The third-order valence-electron chi connectivity index (χ3n) is 3.04. The number of nitrogens with one attached hydrogen (secondary N) is 3. The first-order valence-electron chi connectivity index (χ1n) is 7.25. The van der Waals surface area contributed by atoms with Crippen LogP contribution < -0.4 is 16.0 Å². The smallest absolute Gasteiger partial charge is 0.313 e. The van der Waals surface area contributed by atoms with Gasteiger partial charge in [-0.25, -0.2) is 0 Å². The van der Waals surface area contributed by atoms with Crippen molar-refractivity contribution in [1.82, 2.24) is 5.32 Å². The topological polar surface area (TPSA) is 87.3 Å². The van der Waals surface area contributed by atoms with Gasteiger partial charge in [0.15, 0.2) is 0 Å². The largest absolute Gasteiger partial charge is 0.339 e. The predicted molar refractivity (Wildman–Crippen MR) is 97.9 cm³/mol. The maximum atomic E-state index is 11.8. The number of rotatable bonds is 4. The summed E-state index contributed by atoms with van der Waals surface area (Å²) in [5.41, 5.74) is 1.83. The number of amides is 3. The molecule has 130 valence electrons. The molecular formula is C17H15Cl2N3O3. The van der Waals surface area contributed by atoms with Crippen LogP contribution in [0.1, 0.15) is 5.56 Å². The summed E-state index contributed by atoms with van der Waals surface area (Å²) >= 11 is 11.7. The number of carbonyl (C=O) groups excluding carboxylic acids is 3. The van der Waals surface area contributed by atoms with Gasteiger partial charge in [-0.2, -0.15) is 0 Å². The number of aryl methyl sites for hydroxylation is 1. The highest BCUT2D eigenvalue weighted by Crippen LogP contribution is 2.22. The van der Waals surface area contributed by atoms with Gasteiger partial charge in [-0.3, -0.25) is 14.4 Å².